The number of amides is 1. The molecule has 0 aliphatic heterocycles. The second-order valence-corrected chi connectivity index (χ2v) is 4.86. The third-order valence-corrected chi connectivity index (χ3v) is 3.37. The van der Waals surface area contributed by atoms with Crippen LogP contribution in [-0.2, 0) is 0 Å². The Hall–Kier alpha value is -2.69. The first kappa shape index (κ1) is 13.3. The second-order valence-electron chi connectivity index (χ2n) is 4.86. The molecule has 4 nitrogen and oxygen atoms in total. The maximum atomic E-state index is 12.9. The van der Waals surface area contributed by atoms with E-state index in [4.69, 9.17) is 0 Å². The van der Waals surface area contributed by atoms with E-state index in [0.29, 0.717) is 5.56 Å². The first-order valence-corrected chi connectivity index (χ1v) is 6.62. The third kappa shape index (κ3) is 2.76. The van der Waals surface area contributed by atoms with Gasteiger partial charge in [0.1, 0.15) is 11.5 Å². The fourth-order valence-electron chi connectivity index (χ4n) is 2.17. The van der Waals surface area contributed by atoms with E-state index in [2.05, 4.69) is 10.3 Å². The van der Waals surface area contributed by atoms with Crippen LogP contribution in [-0.4, -0.2) is 15.3 Å². The van der Waals surface area contributed by atoms with Gasteiger partial charge in [0.2, 0.25) is 0 Å². The fraction of sp³-hybridized carbons (Fsp3) is 0.125. The molecule has 2 aromatic heterocycles. The lowest BCUT2D eigenvalue weighted by molar-refractivity contribution is 0.0939. The minimum Gasteiger partial charge on any atom is -0.345 e. The predicted molar refractivity (Wildman–Crippen MR) is 77.5 cm³/mol. The molecule has 0 bridgehead atoms. The van der Waals surface area contributed by atoms with E-state index in [1.54, 1.807) is 47.3 Å². The average molecular weight is 283 g/mol. The van der Waals surface area contributed by atoms with Crippen LogP contribution in [0.4, 0.5) is 4.39 Å². The Kier molecular flexibility index (Phi) is 3.39. The number of hydrogen-bond donors (Lipinski definition) is 1. The summed E-state index contributed by atoms with van der Waals surface area (Å²) in [7, 11) is 0. The number of rotatable bonds is 3. The molecule has 0 radical (unpaired) electrons. The lowest BCUT2D eigenvalue weighted by Gasteiger charge is -2.14. The van der Waals surface area contributed by atoms with Crippen LogP contribution >= 0.6 is 0 Å². The largest absolute Gasteiger partial charge is 0.345 e. The average Bonchev–Trinajstić information content (AvgIpc) is 2.95. The maximum absolute atomic E-state index is 12.9. The summed E-state index contributed by atoms with van der Waals surface area (Å²) in [6, 6.07) is 9.42. The topological polar surface area (TPSA) is 46.4 Å². The van der Waals surface area contributed by atoms with Crippen molar-refractivity contribution < 1.29 is 9.18 Å². The van der Waals surface area contributed by atoms with Crippen LogP contribution in [0.15, 0.2) is 55.0 Å². The van der Waals surface area contributed by atoms with E-state index < -0.39 is 0 Å². The summed E-state index contributed by atoms with van der Waals surface area (Å²) < 4.78 is 14.7. The number of benzene rings is 1. The molecule has 1 aromatic carbocycles. The minimum atomic E-state index is -0.289. The molecular weight excluding hydrogens is 269 g/mol. The van der Waals surface area contributed by atoms with Crippen LogP contribution in [0.1, 0.15) is 28.9 Å². The van der Waals surface area contributed by atoms with Crippen molar-refractivity contribution in [3.05, 3.63) is 71.9 Å². The van der Waals surface area contributed by atoms with E-state index in [1.165, 1.54) is 12.1 Å². The summed E-state index contributed by atoms with van der Waals surface area (Å²) in [5.41, 5.74) is 2.20. The number of halogens is 1. The highest BCUT2D eigenvalue weighted by Gasteiger charge is 2.12. The van der Waals surface area contributed by atoms with E-state index in [-0.39, 0.29) is 17.8 Å². The first-order valence-electron chi connectivity index (χ1n) is 6.62. The van der Waals surface area contributed by atoms with Crippen LogP contribution < -0.4 is 5.32 Å². The molecule has 3 aromatic rings. The van der Waals surface area contributed by atoms with E-state index in [1.807, 2.05) is 6.92 Å². The van der Waals surface area contributed by atoms with E-state index >= 15 is 0 Å². The maximum Gasteiger partial charge on any atom is 0.253 e. The summed E-state index contributed by atoms with van der Waals surface area (Å²) in [6.07, 6.45) is 5.20. The van der Waals surface area contributed by atoms with Gasteiger partial charge < -0.3 is 9.72 Å². The van der Waals surface area contributed by atoms with Gasteiger partial charge in [0.15, 0.2) is 0 Å². The number of fused-ring (bicyclic) bond motifs is 1. The fourth-order valence-corrected chi connectivity index (χ4v) is 2.17. The molecule has 1 unspecified atom stereocenters. The second kappa shape index (κ2) is 5.36. The number of aromatic nitrogens is 2. The molecular formula is C16H14FN3O. The smallest absolute Gasteiger partial charge is 0.253 e. The number of carbonyl (C=O) groups excluding carboxylic acids is 1. The van der Waals surface area contributed by atoms with Gasteiger partial charge in [-0.25, -0.2) is 9.37 Å². The monoisotopic (exact) mass is 283 g/mol. The zero-order valence-electron chi connectivity index (χ0n) is 11.5. The van der Waals surface area contributed by atoms with Gasteiger partial charge in [0, 0.05) is 18.6 Å². The van der Waals surface area contributed by atoms with Gasteiger partial charge in [0.25, 0.3) is 5.91 Å². The van der Waals surface area contributed by atoms with Gasteiger partial charge in [-0.3, -0.25) is 4.79 Å². The van der Waals surface area contributed by atoms with Gasteiger partial charge in [0.05, 0.1) is 11.6 Å². The van der Waals surface area contributed by atoms with Gasteiger partial charge >= 0.3 is 0 Å². The van der Waals surface area contributed by atoms with Gasteiger partial charge in [-0.2, -0.15) is 0 Å². The van der Waals surface area contributed by atoms with E-state index in [9.17, 15) is 9.18 Å². The predicted octanol–water partition coefficient (Wildman–Crippen LogP) is 2.96. The van der Waals surface area contributed by atoms with Crippen molar-refractivity contribution in [1.29, 1.82) is 0 Å². The van der Waals surface area contributed by atoms with Crippen molar-refractivity contribution >= 4 is 11.6 Å². The highest BCUT2D eigenvalue weighted by molar-refractivity contribution is 5.94. The molecule has 1 N–H and O–H groups in total. The molecule has 21 heavy (non-hydrogen) atoms. The summed E-state index contributed by atoms with van der Waals surface area (Å²) in [4.78, 5) is 16.4. The van der Waals surface area contributed by atoms with Crippen molar-refractivity contribution in [2.75, 3.05) is 0 Å². The zero-order valence-corrected chi connectivity index (χ0v) is 11.5. The third-order valence-electron chi connectivity index (χ3n) is 3.37. The molecule has 0 saturated carbocycles. The highest BCUT2D eigenvalue weighted by atomic mass is 19.1. The van der Waals surface area contributed by atoms with Crippen molar-refractivity contribution in [2.24, 2.45) is 0 Å². The highest BCUT2D eigenvalue weighted by Crippen LogP contribution is 2.14. The molecule has 106 valence electrons. The Bertz CT molecular complexity index is 780. The molecule has 0 saturated heterocycles. The summed E-state index contributed by atoms with van der Waals surface area (Å²) in [5, 5.41) is 2.89. The van der Waals surface area contributed by atoms with Crippen molar-refractivity contribution in [2.45, 2.75) is 13.0 Å². The van der Waals surface area contributed by atoms with Gasteiger partial charge in [-0.15, -0.1) is 0 Å². The molecule has 3 rings (SSSR count). The molecule has 1 atom stereocenters. The van der Waals surface area contributed by atoms with Crippen LogP contribution in [0, 0.1) is 5.82 Å². The van der Waals surface area contributed by atoms with Gasteiger partial charge in [-0.1, -0.05) is 12.1 Å². The summed E-state index contributed by atoms with van der Waals surface area (Å²) in [5.74, 6) is -0.467. The Morgan fingerprint density at radius 3 is 2.76 bits per heavy atom. The Morgan fingerprint density at radius 2 is 2.00 bits per heavy atom. The minimum absolute atomic E-state index is 0.178. The zero-order chi connectivity index (χ0) is 14.8. The number of nitrogens with zero attached hydrogens (tertiary/aromatic N) is 2. The molecule has 0 aliphatic carbocycles. The summed E-state index contributed by atoms with van der Waals surface area (Å²) in [6.45, 7) is 1.86. The Labute approximate surface area is 121 Å². The van der Waals surface area contributed by atoms with Crippen LogP contribution in [0.2, 0.25) is 0 Å². The molecule has 0 aliphatic rings. The molecule has 0 spiro atoms. The van der Waals surface area contributed by atoms with Crippen molar-refractivity contribution in [3.63, 3.8) is 0 Å². The first-order chi connectivity index (χ1) is 10.1. The number of imidazole rings is 1. The number of carbonyl (C=O) groups is 1. The number of hydrogen-bond acceptors (Lipinski definition) is 2. The summed E-state index contributed by atoms with van der Waals surface area (Å²) >= 11 is 0. The van der Waals surface area contributed by atoms with Crippen LogP contribution in [0.25, 0.3) is 5.65 Å². The lowest BCUT2D eigenvalue weighted by Crippen LogP contribution is -2.26. The SMILES string of the molecule is CC(NC(=O)c1ccc2nccn2c1)c1ccc(F)cc1. The standard InChI is InChI=1S/C16H14FN3O/c1-11(12-2-5-14(17)6-3-12)19-16(21)13-4-7-15-18-8-9-20(15)10-13/h2-11H,1H3,(H,19,21). The number of pyridine rings is 1. The normalized spacial score (nSPS) is 12.3. The van der Waals surface area contributed by atoms with Crippen LogP contribution in [0.5, 0.6) is 0 Å². The van der Waals surface area contributed by atoms with Crippen molar-refractivity contribution in [1.82, 2.24) is 14.7 Å². The quantitative estimate of drug-likeness (QED) is 0.803. The van der Waals surface area contributed by atoms with Crippen LogP contribution in [0.3, 0.4) is 0 Å². The van der Waals surface area contributed by atoms with Gasteiger partial charge in [-0.05, 0) is 36.8 Å². The molecule has 0 fully saturated rings. The van der Waals surface area contributed by atoms with E-state index in [0.717, 1.165) is 11.2 Å². The Balaban J connectivity index is 1.77. The molecule has 2 heterocycles. The molecule has 1 amide bonds. The van der Waals surface area contributed by atoms with Crippen molar-refractivity contribution in [3.8, 4) is 0 Å². The molecule has 5 heteroatoms. The lowest BCUT2D eigenvalue weighted by atomic mass is 10.1. The Morgan fingerprint density at radius 1 is 1.24 bits per heavy atom. The number of nitrogens with one attached hydrogen (secondary N) is 1.